The maximum absolute atomic E-state index is 13.9. The van der Waals surface area contributed by atoms with Gasteiger partial charge in [-0.1, -0.05) is 29.4 Å². The Morgan fingerprint density at radius 2 is 1.93 bits per heavy atom. The van der Waals surface area contributed by atoms with Gasteiger partial charge in [0, 0.05) is 5.56 Å². The summed E-state index contributed by atoms with van der Waals surface area (Å²) >= 11 is 0. The van der Waals surface area contributed by atoms with Gasteiger partial charge in [-0.3, -0.25) is 4.79 Å². The van der Waals surface area contributed by atoms with Crippen molar-refractivity contribution < 1.29 is 32.9 Å². The second-order valence-corrected chi connectivity index (χ2v) is 7.04. The lowest BCUT2D eigenvalue weighted by molar-refractivity contribution is -0.139. The summed E-state index contributed by atoms with van der Waals surface area (Å²) in [6.45, 7) is 2.92. The van der Waals surface area contributed by atoms with Crippen LogP contribution in [0.1, 0.15) is 30.6 Å². The number of rotatable bonds is 7. The van der Waals surface area contributed by atoms with Gasteiger partial charge >= 0.3 is 13.7 Å². The van der Waals surface area contributed by atoms with Gasteiger partial charge in [0.25, 0.3) is 11.9 Å². The van der Waals surface area contributed by atoms with Gasteiger partial charge in [0.1, 0.15) is 5.82 Å². The molecule has 0 aliphatic rings. The molecular formula is C20H18BFN2O6. The molecule has 30 heavy (non-hydrogen) atoms. The number of carbonyl (C=O) groups excluding carboxylic acids is 2. The van der Waals surface area contributed by atoms with Crippen LogP contribution >= 0.6 is 0 Å². The van der Waals surface area contributed by atoms with Gasteiger partial charge in [0.15, 0.2) is 0 Å². The minimum Gasteiger partial charge on any atom is -0.502 e. The number of carbonyl (C=O) groups is 2. The van der Waals surface area contributed by atoms with Gasteiger partial charge in [0.05, 0.1) is 23.1 Å². The summed E-state index contributed by atoms with van der Waals surface area (Å²) in [5.74, 6) is -1.75. The van der Waals surface area contributed by atoms with E-state index in [1.807, 2.05) is 0 Å². The van der Waals surface area contributed by atoms with Crippen molar-refractivity contribution in [2.45, 2.75) is 25.9 Å². The molecule has 1 N–H and O–H groups in total. The number of hydrogen-bond acceptors (Lipinski definition) is 8. The molecule has 3 rings (SSSR count). The third kappa shape index (κ3) is 5.51. The molecule has 1 heterocycles. The van der Waals surface area contributed by atoms with E-state index in [0.29, 0.717) is 5.56 Å². The fraction of sp³-hybridized carbons (Fsp3) is 0.200. The SMILES string of the molecule is CC(C)(O)CC(=O)OBOC(=O)c1cccc(-c2noc(-c3ccccc3F)n2)c1. The molecule has 0 aliphatic carbocycles. The standard InChI is InChI=1S/C20H18BFN2O6/c1-20(2,27)11-16(25)28-21-29-19(26)13-7-5-6-12(10-13)17-23-18(30-24-17)14-8-3-4-9-15(14)22/h3-10,21,27H,11H2,1-2H3. The van der Waals surface area contributed by atoms with Crippen LogP contribution in [0.2, 0.25) is 0 Å². The highest BCUT2D eigenvalue weighted by atomic mass is 19.1. The largest absolute Gasteiger partial charge is 0.580 e. The van der Waals surface area contributed by atoms with Crippen molar-refractivity contribution in [1.82, 2.24) is 10.1 Å². The molecule has 0 saturated heterocycles. The van der Waals surface area contributed by atoms with E-state index in [9.17, 15) is 19.1 Å². The Bertz CT molecular complexity index is 1060. The monoisotopic (exact) mass is 412 g/mol. The summed E-state index contributed by atoms with van der Waals surface area (Å²) in [6, 6.07) is 12.2. The van der Waals surface area contributed by atoms with E-state index in [0.717, 1.165) is 0 Å². The maximum Gasteiger partial charge on any atom is 0.580 e. The van der Waals surface area contributed by atoms with Crippen LogP contribution in [0, 0.1) is 5.82 Å². The predicted molar refractivity (Wildman–Crippen MR) is 105 cm³/mol. The smallest absolute Gasteiger partial charge is 0.502 e. The second kappa shape index (κ2) is 8.87. The highest BCUT2D eigenvalue weighted by Crippen LogP contribution is 2.24. The molecule has 0 aliphatic heterocycles. The number of halogens is 1. The Labute approximate surface area is 171 Å². The fourth-order valence-corrected chi connectivity index (χ4v) is 2.51. The van der Waals surface area contributed by atoms with E-state index in [1.54, 1.807) is 24.3 Å². The summed E-state index contributed by atoms with van der Waals surface area (Å²) in [5, 5.41) is 13.4. The van der Waals surface area contributed by atoms with Gasteiger partial charge in [-0.2, -0.15) is 4.98 Å². The van der Waals surface area contributed by atoms with Gasteiger partial charge < -0.3 is 18.9 Å². The van der Waals surface area contributed by atoms with Crippen molar-refractivity contribution in [3.8, 4) is 22.8 Å². The average Bonchev–Trinajstić information content (AvgIpc) is 3.17. The third-order valence-corrected chi connectivity index (χ3v) is 3.87. The molecule has 0 bridgehead atoms. The van der Waals surface area contributed by atoms with Crippen molar-refractivity contribution in [3.63, 3.8) is 0 Å². The lowest BCUT2D eigenvalue weighted by atomic mass is 10.1. The molecule has 2 aromatic carbocycles. The Balaban J connectivity index is 1.66. The molecule has 10 heteroatoms. The first-order valence-electron chi connectivity index (χ1n) is 8.97. The average molecular weight is 412 g/mol. The highest BCUT2D eigenvalue weighted by Gasteiger charge is 2.20. The summed E-state index contributed by atoms with van der Waals surface area (Å²) < 4.78 is 28.7. The van der Waals surface area contributed by atoms with Crippen LogP contribution in [0.4, 0.5) is 4.39 Å². The number of benzene rings is 2. The van der Waals surface area contributed by atoms with Gasteiger partial charge in [-0.05, 0) is 38.1 Å². The van der Waals surface area contributed by atoms with E-state index < -0.39 is 31.0 Å². The molecule has 0 saturated carbocycles. The van der Waals surface area contributed by atoms with Crippen LogP contribution in [-0.4, -0.2) is 40.5 Å². The fourth-order valence-electron chi connectivity index (χ4n) is 2.51. The zero-order valence-electron chi connectivity index (χ0n) is 16.3. The molecule has 0 amide bonds. The number of hydrogen-bond donors (Lipinski definition) is 1. The van der Waals surface area contributed by atoms with Crippen molar-refractivity contribution >= 4 is 19.6 Å². The van der Waals surface area contributed by atoms with E-state index >= 15 is 0 Å². The molecule has 0 unspecified atom stereocenters. The van der Waals surface area contributed by atoms with Gasteiger partial charge in [-0.25, -0.2) is 9.18 Å². The lowest BCUT2D eigenvalue weighted by Gasteiger charge is -2.15. The van der Waals surface area contributed by atoms with Gasteiger partial charge in [0.2, 0.25) is 5.82 Å². The van der Waals surface area contributed by atoms with Crippen molar-refractivity contribution in [3.05, 3.63) is 59.9 Å². The number of aromatic nitrogens is 2. The van der Waals surface area contributed by atoms with E-state index in [2.05, 4.69) is 10.1 Å². The Morgan fingerprint density at radius 1 is 1.17 bits per heavy atom. The predicted octanol–water partition coefficient (Wildman–Crippen LogP) is 2.67. The number of aliphatic hydroxyl groups is 1. The lowest BCUT2D eigenvalue weighted by Crippen LogP contribution is -2.26. The molecular weight excluding hydrogens is 394 g/mol. The second-order valence-electron chi connectivity index (χ2n) is 7.04. The van der Waals surface area contributed by atoms with Crippen molar-refractivity contribution in [1.29, 1.82) is 0 Å². The summed E-state index contributed by atoms with van der Waals surface area (Å²) in [7, 11) is -0.586. The molecule has 8 nitrogen and oxygen atoms in total. The minimum absolute atomic E-state index is 0.00907. The van der Waals surface area contributed by atoms with Crippen LogP contribution in [0.25, 0.3) is 22.8 Å². The Morgan fingerprint density at radius 3 is 2.67 bits per heavy atom. The Kier molecular flexibility index (Phi) is 6.27. The van der Waals surface area contributed by atoms with E-state index in [4.69, 9.17) is 13.8 Å². The molecule has 0 spiro atoms. The normalized spacial score (nSPS) is 11.1. The molecule has 0 radical (unpaired) electrons. The molecule has 0 atom stereocenters. The maximum atomic E-state index is 13.9. The summed E-state index contributed by atoms with van der Waals surface area (Å²) in [6.07, 6.45) is -0.234. The molecule has 154 valence electrons. The molecule has 3 aromatic rings. The van der Waals surface area contributed by atoms with E-state index in [1.165, 1.54) is 38.1 Å². The van der Waals surface area contributed by atoms with E-state index in [-0.39, 0.29) is 29.3 Å². The Hall–Kier alpha value is -3.53. The first-order chi connectivity index (χ1) is 14.2. The highest BCUT2D eigenvalue weighted by molar-refractivity contribution is 6.27. The zero-order valence-corrected chi connectivity index (χ0v) is 16.3. The van der Waals surface area contributed by atoms with Crippen LogP contribution in [0.3, 0.4) is 0 Å². The van der Waals surface area contributed by atoms with Crippen LogP contribution in [0.5, 0.6) is 0 Å². The zero-order chi connectivity index (χ0) is 21.7. The summed E-state index contributed by atoms with van der Waals surface area (Å²) in [4.78, 5) is 27.9. The van der Waals surface area contributed by atoms with Crippen LogP contribution in [-0.2, 0) is 14.1 Å². The summed E-state index contributed by atoms with van der Waals surface area (Å²) in [5.41, 5.74) is -0.431. The third-order valence-electron chi connectivity index (χ3n) is 3.87. The number of nitrogens with zero attached hydrogens (tertiary/aromatic N) is 2. The minimum atomic E-state index is -1.22. The van der Waals surface area contributed by atoms with Crippen LogP contribution < -0.4 is 0 Å². The quantitative estimate of drug-likeness (QED) is 0.590. The van der Waals surface area contributed by atoms with Crippen molar-refractivity contribution in [2.24, 2.45) is 0 Å². The topological polar surface area (TPSA) is 112 Å². The molecule has 1 aromatic heterocycles. The van der Waals surface area contributed by atoms with Crippen LogP contribution in [0.15, 0.2) is 53.1 Å². The first-order valence-corrected chi connectivity index (χ1v) is 8.97. The first kappa shape index (κ1) is 21.2. The molecule has 0 fully saturated rings. The van der Waals surface area contributed by atoms with Gasteiger partial charge in [-0.15, -0.1) is 0 Å². The van der Waals surface area contributed by atoms with Crippen molar-refractivity contribution in [2.75, 3.05) is 0 Å².